The molecule has 1 heterocycles. The van der Waals surface area contributed by atoms with Crippen molar-refractivity contribution in [1.29, 1.82) is 0 Å². The smallest absolute Gasteiger partial charge is 0.0782 e. The van der Waals surface area contributed by atoms with Crippen LogP contribution in [0.2, 0.25) is 0 Å². The van der Waals surface area contributed by atoms with Crippen LogP contribution in [0.3, 0.4) is 0 Å². The topological polar surface area (TPSA) is 16.1 Å². The molecule has 0 saturated carbocycles. The average Bonchev–Trinajstić information content (AvgIpc) is 2.81. The van der Waals surface area contributed by atoms with Gasteiger partial charge in [0.2, 0.25) is 0 Å². The molecule has 0 radical (unpaired) electrons. The third kappa shape index (κ3) is 3.33. The third-order valence-electron chi connectivity index (χ3n) is 5.43. The minimum Gasteiger partial charge on any atom is -0.310 e. The van der Waals surface area contributed by atoms with E-state index in [0.717, 1.165) is 28.3 Å². The summed E-state index contributed by atoms with van der Waals surface area (Å²) in [6.07, 6.45) is 1.89. The van der Waals surface area contributed by atoms with Crippen LogP contribution in [0.1, 0.15) is 5.56 Å². The lowest BCUT2D eigenvalue weighted by Crippen LogP contribution is -2.10. The Morgan fingerprint density at radius 3 is 1.90 bits per heavy atom. The zero-order valence-corrected chi connectivity index (χ0v) is 16.9. The number of benzene rings is 4. The molecule has 0 aliphatic heterocycles. The predicted octanol–water partition coefficient (Wildman–Crippen LogP) is 7.68. The molecule has 0 amide bonds. The Hall–Kier alpha value is -3.91. The molecule has 30 heavy (non-hydrogen) atoms. The Kier molecular flexibility index (Phi) is 4.74. The second kappa shape index (κ2) is 7.84. The summed E-state index contributed by atoms with van der Waals surface area (Å²) in [6, 6.07) is 38.1. The number of aryl methyl sites for hydroxylation is 1. The van der Waals surface area contributed by atoms with Crippen LogP contribution in [-0.4, -0.2) is 4.98 Å². The standard InChI is InChI=1S/C28H22N2/c1-21-20-25(30(23-11-4-2-5-12-23)24-13-6-3-7-14-24)16-17-26(21)28-27-15-9-8-10-22(27)18-19-29-28/h2-20H,1H3. The minimum atomic E-state index is 1.03. The van der Waals surface area contributed by atoms with E-state index in [-0.39, 0.29) is 0 Å². The molecule has 144 valence electrons. The molecule has 2 nitrogen and oxygen atoms in total. The van der Waals surface area contributed by atoms with Crippen LogP contribution < -0.4 is 4.90 Å². The third-order valence-corrected chi connectivity index (χ3v) is 5.43. The molecular formula is C28H22N2. The maximum absolute atomic E-state index is 4.72. The van der Waals surface area contributed by atoms with Crippen molar-refractivity contribution in [2.75, 3.05) is 4.90 Å². The van der Waals surface area contributed by atoms with Crippen molar-refractivity contribution < 1.29 is 0 Å². The first-order valence-corrected chi connectivity index (χ1v) is 10.2. The summed E-state index contributed by atoms with van der Waals surface area (Å²) < 4.78 is 0. The summed E-state index contributed by atoms with van der Waals surface area (Å²) in [6.45, 7) is 2.16. The van der Waals surface area contributed by atoms with Crippen LogP contribution >= 0.6 is 0 Å². The van der Waals surface area contributed by atoms with Gasteiger partial charge in [-0.3, -0.25) is 4.98 Å². The Morgan fingerprint density at radius 1 is 0.600 bits per heavy atom. The molecule has 0 bridgehead atoms. The van der Waals surface area contributed by atoms with Gasteiger partial charge in [0.15, 0.2) is 0 Å². The van der Waals surface area contributed by atoms with Crippen molar-refractivity contribution in [3.8, 4) is 11.3 Å². The molecule has 0 atom stereocenters. The number of hydrogen-bond donors (Lipinski definition) is 0. The Balaban J connectivity index is 1.64. The van der Waals surface area contributed by atoms with Crippen LogP contribution in [0.4, 0.5) is 17.1 Å². The van der Waals surface area contributed by atoms with E-state index in [0.29, 0.717) is 0 Å². The average molecular weight is 386 g/mol. The summed E-state index contributed by atoms with van der Waals surface area (Å²) in [5, 5.41) is 2.39. The van der Waals surface area contributed by atoms with E-state index in [4.69, 9.17) is 4.98 Å². The Labute approximate surface area is 177 Å². The maximum atomic E-state index is 4.72. The van der Waals surface area contributed by atoms with Crippen LogP contribution in [0.15, 0.2) is 115 Å². The molecule has 1 aromatic heterocycles. The lowest BCUT2D eigenvalue weighted by Gasteiger charge is -2.26. The van der Waals surface area contributed by atoms with E-state index >= 15 is 0 Å². The second-order valence-corrected chi connectivity index (χ2v) is 7.39. The first-order valence-electron chi connectivity index (χ1n) is 10.2. The van der Waals surface area contributed by atoms with Crippen molar-refractivity contribution in [3.63, 3.8) is 0 Å². The highest BCUT2D eigenvalue weighted by Crippen LogP contribution is 2.37. The summed E-state index contributed by atoms with van der Waals surface area (Å²) >= 11 is 0. The van der Waals surface area contributed by atoms with E-state index in [1.165, 1.54) is 16.3 Å². The van der Waals surface area contributed by atoms with E-state index in [9.17, 15) is 0 Å². The van der Waals surface area contributed by atoms with Gasteiger partial charge >= 0.3 is 0 Å². The zero-order valence-electron chi connectivity index (χ0n) is 16.9. The largest absolute Gasteiger partial charge is 0.310 e. The van der Waals surface area contributed by atoms with E-state index in [2.05, 4.69) is 109 Å². The summed E-state index contributed by atoms with van der Waals surface area (Å²) in [5.41, 5.74) is 6.81. The summed E-state index contributed by atoms with van der Waals surface area (Å²) in [7, 11) is 0. The highest BCUT2D eigenvalue weighted by molar-refractivity contribution is 5.95. The lowest BCUT2D eigenvalue weighted by molar-refractivity contribution is 1.26. The monoisotopic (exact) mass is 386 g/mol. The minimum absolute atomic E-state index is 1.03. The molecule has 0 saturated heterocycles. The van der Waals surface area contributed by atoms with Gasteiger partial charge < -0.3 is 4.90 Å². The van der Waals surface area contributed by atoms with E-state index in [1.807, 2.05) is 18.3 Å². The predicted molar refractivity (Wildman–Crippen MR) is 127 cm³/mol. The van der Waals surface area contributed by atoms with Gasteiger partial charge in [0.25, 0.3) is 0 Å². The highest BCUT2D eigenvalue weighted by atomic mass is 15.1. The van der Waals surface area contributed by atoms with Gasteiger partial charge in [0, 0.05) is 34.2 Å². The number of nitrogens with zero attached hydrogens (tertiary/aromatic N) is 2. The zero-order chi connectivity index (χ0) is 20.3. The number of pyridine rings is 1. The lowest BCUT2D eigenvalue weighted by atomic mass is 9.99. The van der Waals surface area contributed by atoms with Gasteiger partial charge in [0.05, 0.1) is 5.69 Å². The fourth-order valence-electron chi connectivity index (χ4n) is 3.99. The number of fused-ring (bicyclic) bond motifs is 1. The quantitative estimate of drug-likeness (QED) is 0.315. The maximum Gasteiger partial charge on any atom is 0.0782 e. The first kappa shape index (κ1) is 18.1. The molecule has 4 aromatic carbocycles. The molecule has 0 aliphatic rings. The van der Waals surface area contributed by atoms with E-state index in [1.54, 1.807) is 0 Å². The van der Waals surface area contributed by atoms with Gasteiger partial charge in [-0.2, -0.15) is 0 Å². The molecule has 5 rings (SSSR count). The number of hydrogen-bond acceptors (Lipinski definition) is 2. The van der Waals surface area contributed by atoms with Gasteiger partial charge in [-0.1, -0.05) is 66.7 Å². The van der Waals surface area contributed by atoms with Crippen LogP contribution in [0, 0.1) is 6.92 Å². The number of para-hydroxylation sites is 2. The Morgan fingerprint density at radius 2 is 1.23 bits per heavy atom. The SMILES string of the molecule is Cc1cc(N(c2ccccc2)c2ccccc2)ccc1-c1nccc2ccccc12. The van der Waals surface area contributed by atoms with Crippen LogP contribution in [0.25, 0.3) is 22.0 Å². The van der Waals surface area contributed by atoms with Crippen molar-refractivity contribution in [3.05, 3.63) is 121 Å². The number of aromatic nitrogens is 1. The molecular weight excluding hydrogens is 364 g/mol. The van der Waals surface area contributed by atoms with Crippen LogP contribution in [0.5, 0.6) is 0 Å². The molecule has 0 unspecified atom stereocenters. The van der Waals surface area contributed by atoms with Gasteiger partial charge in [-0.05, 0) is 60.3 Å². The number of anilines is 3. The van der Waals surface area contributed by atoms with E-state index < -0.39 is 0 Å². The fourth-order valence-corrected chi connectivity index (χ4v) is 3.99. The fraction of sp³-hybridized carbons (Fsp3) is 0.0357. The molecule has 2 heteroatoms. The number of rotatable bonds is 4. The van der Waals surface area contributed by atoms with Crippen molar-refractivity contribution >= 4 is 27.8 Å². The van der Waals surface area contributed by atoms with Crippen LogP contribution in [-0.2, 0) is 0 Å². The highest BCUT2D eigenvalue weighted by Gasteiger charge is 2.14. The van der Waals surface area contributed by atoms with Gasteiger partial charge in [-0.15, -0.1) is 0 Å². The van der Waals surface area contributed by atoms with Gasteiger partial charge in [-0.25, -0.2) is 0 Å². The molecule has 0 spiro atoms. The first-order chi connectivity index (χ1) is 14.8. The van der Waals surface area contributed by atoms with Crippen molar-refractivity contribution in [2.45, 2.75) is 6.92 Å². The molecule has 0 N–H and O–H groups in total. The van der Waals surface area contributed by atoms with Crippen molar-refractivity contribution in [2.24, 2.45) is 0 Å². The Bertz CT molecular complexity index is 1250. The summed E-state index contributed by atoms with van der Waals surface area (Å²) in [4.78, 5) is 7.00. The molecule has 0 fully saturated rings. The summed E-state index contributed by atoms with van der Waals surface area (Å²) in [5.74, 6) is 0. The molecule has 0 aliphatic carbocycles. The normalized spacial score (nSPS) is 10.8. The van der Waals surface area contributed by atoms with Crippen molar-refractivity contribution in [1.82, 2.24) is 4.98 Å². The second-order valence-electron chi connectivity index (χ2n) is 7.39. The molecule has 5 aromatic rings. The van der Waals surface area contributed by atoms with Gasteiger partial charge in [0.1, 0.15) is 0 Å².